The van der Waals surface area contributed by atoms with Crippen LogP contribution in [0.2, 0.25) is 0 Å². The van der Waals surface area contributed by atoms with E-state index in [1.807, 2.05) is 11.8 Å². The van der Waals surface area contributed by atoms with Gasteiger partial charge in [0.1, 0.15) is 34.5 Å². The van der Waals surface area contributed by atoms with Crippen LogP contribution in [0.1, 0.15) is 35.8 Å². The van der Waals surface area contributed by atoms with E-state index in [1.54, 1.807) is 6.07 Å². The average Bonchev–Trinajstić information content (AvgIpc) is 2.96. The van der Waals surface area contributed by atoms with E-state index < -0.39 is 58.5 Å². The number of aromatic nitrogens is 2. The lowest BCUT2D eigenvalue weighted by Crippen LogP contribution is -2.61. The second kappa shape index (κ2) is 12.1. The Kier molecular flexibility index (Phi) is 8.51. The molecule has 2 saturated heterocycles. The lowest BCUT2D eigenvalue weighted by atomic mass is 9.87. The molecule has 0 saturated carbocycles. The topological polar surface area (TPSA) is 143 Å². The van der Waals surface area contributed by atoms with Gasteiger partial charge in [-0.25, -0.2) is 27.3 Å². The molecule has 5 N–H and O–H groups in total. The predicted octanol–water partition coefficient (Wildman–Crippen LogP) is 4.21. The van der Waals surface area contributed by atoms with E-state index in [4.69, 9.17) is 15.6 Å². The number of benzene rings is 1. The zero-order valence-electron chi connectivity index (χ0n) is 23.1. The highest BCUT2D eigenvalue weighted by Gasteiger charge is 2.37. The first-order chi connectivity index (χ1) is 20.5. The van der Waals surface area contributed by atoms with Gasteiger partial charge < -0.3 is 31.1 Å². The number of hydrogen-bond acceptors (Lipinski definition) is 7. The van der Waals surface area contributed by atoms with Crippen LogP contribution in [0.3, 0.4) is 0 Å². The van der Waals surface area contributed by atoms with Gasteiger partial charge in [0.25, 0.3) is 5.91 Å². The number of anilines is 2. The molecule has 3 atom stereocenters. The van der Waals surface area contributed by atoms with E-state index in [9.17, 15) is 14.0 Å². The average molecular weight is 603 g/mol. The highest BCUT2D eigenvalue weighted by Crippen LogP contribution is 2.39. The quantitative estimate of drug-likeness (QED) is 0.308. The molecule has 2 aliphatic rings. The number of pyridine rings is 2. The van der Waals surface area contributed by atoms with E-state index in [2.05, 4.69) is 20.6 Å². The van der Waals surface area contributed by atoms with E-state index in [0.29, 0.717) is 12.2 Å². The van der Waals surface area contributed by atoms with Gasteiger partial charge >= 0.3 is 6.09 Å². The van der Waals surface area contributed by atoms with Crippen molar-refractivity contribution in [3.05, 3.63) is 71.4 Å². The lowest BCUT2D eigenvalue weighted by Gasteiger charge is -2.42. The van der Waals surface area contributed by atoms with Gasteiger partial charge in [0, 0.05) is 51.4 Å². The first kappa shape index (κ1) is 30.2. The van der Waals surface area contributed by atoms with Gasteiger partial charge in [0.05, 0.1) is 29.2 Å². The Labute approximate surface area is 244 Å². The Morgan fingerprint density at radius 1 is 1.09 bits per heavy atom. The first-order valence-electron chi connectivity index (χ1n) is 13.7. The second-order valence-electron chi connectivity index (χ2n) is 10.8. The van der Waals surface area contributed by atoms with Crippen molar-refractivity contribution in [2.45, 2.75) is 37.5 Å². The molecule has 2 amide bonds. The molecule has 10 nitrogen and oxygen atoms in total. The van der Waals surface area contributed by atoms with Gasteiger partial charge in [-0.2, -0.15) is 0 Å². The maximum absolute atomic E-state index is 15.3. The number of rotatable bonds is 6. The number of carbonyl (C=O) groups is 2. The Bertz CT molecular complexity index is 1500. The summed E-state index contributed by atoms with van der Waals surface area (Å²) >= 11 is 0. The highest BCUT2D eigenvalue weighted by atomic mass is 19.1. The summed E-state index contributed by atoms with van der Waals surface area (Å²) in [4.78, 5) is 34.2. The molecule has 0 radical (unpaired) electrons. The van der Waals surface area contributed by atoms with Gasteiger partial charge in [-0.3, -0.25) is 9.78 Å². The van der Waals surface area contributed by atoms with Crippen molar-refractivity contribution < 1.29 is 37.0 Å². The minimum Gasteiger partial charge on any atom is -0.465 e. The largest absolute Gasteiger partial charge is 0.465 e. The van der Waals surface area contributed by atoms with Crippen LogP contribution in [-0.4, -0.2) is 65.5 Å². The van der Waals surface area contributed by atoms with E-state index in [-0.39, 0.29) is 55.5 Å². The van der Waals surface area contributed by atoms with Crippen molar-refractivity contribution in [3.8, 4) is 11.3 Å². The Hall–Kier alpha value is -4.30. The summed E-state index contributed by atoms with van der Waals surface area (Å²) < 4.78 is 65.7. The molecule has 2 aromatic heterocycles. The number of nitrogens with two attached hydrogens (primary N) is 1. The molecule has 0 aliphatic carbocycles. The number of nitrogens with zero attached hydrogens (tertiary/aromatic N) is 3. The number of hydrogen-bond donors (Lipinski definition) is 4. The monoisotopic (exact) mass is 602 g/mol. The normalized spacial score (nSPS) is 21.7. The molecule has 14 heteroatoms. The summed E-state index contributed by atoms with van der Waals surface area (Å²) in [7, 11) is 0. The van der Waals surface area contributed by atoms with Crippen molar-refractivity contribution in [1.82, 2.24) is 15.3 Å². The third-order valence-electron chi connectivity index (χ3n) is 7.85. The highest BCUT2D eigenvalue weighted by molar-refractivity contribution is 6.04. The molecular formula is C29H30F4N6O4. The molecule has 0 bridgehead atoms. The van der Waals surface area contributed by atoms with E-state index >= 15 is 13.2 Å². The SMILES string of the molecule is C[C@H]1CN(c2ccncc2NC(=O)c2ccc(F)c(-c3c(F)cc(C4(F)CCOCC4)cc3F)n2)C[C@@H](N)[C@H]1NC(=O)O. The molecule has 0 unspecified atom stereocenters. The standard InChI is InChI=1S/C29H30F4N6O4/c1-15-13-39(14-20(34)25(15)38-28(41)42)23-4-7-35-12-22(23)37-27(40)21-3-2-17(30)26(36-21)24-18(31)10-16(11-19(24)32)29(33)5-8-43-9-6-29/h2-4,7,10-12,15,20,25,38H,5-6,8-9,13-14,34H2,1H3,(H,37,40)(H,41,42)/t15-,20+,25-/m0/s1. The van der Waals surface area contributed by atoms with Crippen molar-refractivity contribution in [1.29, 1.82) is 0 Å². The van der Waals surface area contributed by atoms with Crippen molar-refractivity contribution >= 4 is 23.4 Å². The fourth-order valence-corrected chi connectivity index (χ4v) is 5.65. The van der Waals surface area contributed by atoms with Gasteiger partial charge in [-0.05, 0) is 41.8 Å². The number of piperidine rings is 1. The number of alkyl halides is 1. The molecule has 2 fully saturated rings. The van der Waals surface area contributed by atoms with Gasteiger partial charge in [0.15, 0.2) is 0 Å². The van der Waals surface area contributed by atoms with Crippen LogP contribution >= 0.6 is 0 Å². The zero-order chi connectivity index (χ0) is 30.9. The Morgan fingerprint density at radius 2 is 1.79 bits per heavy atom. The number of nitrogens with one attached hydrogen (secondary N) is 2. The second-order valence-corrected chi connectivity index (χ2v) is 10.8. The minimum absolute atomic E-state index is 0.0775. The number of amides is 2. The Balaban J connectivity index is 1.39. The number of carbonyl (C=O) groups excluding carboxylic acids is 1. The third-order valence-corrected chi connectivity index (χ3v) is 7.85. The van der Waals surface area contributed by atoms with Crippen LogP contribution in [0, 0.1) is 23.4 Å². The molecule has 228 valence electrons. The van der Waals surface area contributed by atoms with Crippen LogP contribution < -0.4 is 21.3 Å². The summed E-state index contributed by atoms with van der Waals surface area (Å²) in [6.07, 6.45) is 1.56. The maximum Gasteiger partial charge on any atom is 0.404 e. The van der Waals surface area contributed by atoms with Crippen LogP contribution in [0.25, 0.3) is 11.3 Å². The Morgan fingerprint density at radius 3 is 2.44 bits per heavy atom. The summed E-state index contributed by atoms with van der Waals surface area (Å²) in [6.45, 7) is 2.71. The molecule has 43 heavy (non-hydrogen) atoms. The van der Waals surface area contributed by atoms with Crippen LogP contribution in [0.5, 0.6) is 0 Å². The zero-order valence-corrected chi connectivity index (χ0v) is 23.1. The first-order valence-corrected chi connectivity index (χ1v) is 13.7. The fraction of sp³-hybridized carbons (Fsp3) is 0.379. The summed E-state index contributed by atoms with van der Waals surface area (Å²) in [5.41, 5.74) is 2.95. The number of halogens is 4. The van der Waals surface area contributed by atoms with E-state index in [1.165, 1.54) is 12.4 Å². The summed E-state index contributed by atoms with van der Waals surface area (Å²) in [5, 5.41) is 14.2. The van der Waals surface area contributed by atoms with Gasteiger partial charge in [-0.1, -0.05) is 6.92 Å². The lowest BCUT2D eigenvalue weighted by molar-refractivity contribution is -0.0117. The molecule has 0 spiro atoms. The van der Waals surface area contributed by atoms with Gasteiger partial charge in [-0.15, -0.1) is 0 Å². The molecule has 1 aromatic carbocycles. The van der Waals surface area contributed by atoms with Crippen LogP contribution in [0.4, 0.5) is 33.7 Å². The molecule has 3 aromatic rings. The minimum atomic E-state index is -1.99. The molecule has 2 aliphatic heterocycles. The van der Waals surface area contributed by atoms with Crippen molar-refractivity contribution in [2.24, 2.45) is 11.7 Å². The molecule has 5 rings (SSSR count). The van der Waals surface area contributed by atoms with Crippen molar-refractivity contribution in [3.63, 3.8) is 0 Å². The fourth-order valence-electron chi connectivity index (χ4n) is 5.65. The smallest absolute Gasteiger partial charge is 0.404 e. The molecule has 4 heterocycles. The van der Waals surface area contributed by atoms with Crippen LogP contribution in [0.15, 0.2) is 42.7 Å². The molecular weight excluding hydrogens is 572 g/mol. The summed E-state index contributed by atoms with van der Waals surface area (Å²) in [5.74, 6) is -4.50. The predicted molar refractivity (Wildman–Crippen MR) is 149 cm³/mol. The number of carboxylic acid groups (broad SMARTS) is 1. The van der Waals surface area contributed by atoms with E-state index in [0.717, 1.165) is 24.3 Å². The number of ether oxygens (including phenoxy) is 1. The third kappa shape index (κ3) is 6.25. The maximum atomic E-state index is 15.3. The summed E-state index contributed by atoms with van der Waals surface area (Å²) in [6, 6.07) is 4.19. The van der Waals surface area contributed by atoms with Crippen LogP contribution in [-0.2, 0) is 10.4 Å². The van der Waals surface area contributed by atoms with Crippen molar-refractivity contribution in [2.75, 3.05) is 36.5 Å². The van der Waals surface area contributed by atoms with Gasteiger partial charge in [0.2, 0.25) is 0 Å².